The zero-order valence-electron chi connectivity index (χ0n) is 8.01. The summed E-state index contributed by atoms with van der Waals surface area (Å²) in [5.41, 5.74) is 0. The van der Waals surface area contributed by atoms with Crippen LogP contribution in [0.5, 0.6) is 0 Å². The van der Waals surface area contributed by atoms with E-state index in [9.17, 15) is 4.79 Å². The van der Waals surface area contributed by atoms with Gasteiger partial charge in [0.05, 0.1) is 0 Å². The lowest BCUT2D eigenvalue weighted by molar-refractivity contribution is -0.129. The summed E-state index contributed by atoms with van der Waals surface area (Å²) in [5, 5.41) is 0. The van der Waals surface area contributed by atoms with Crippen molar-refractivity contribution in [1.82, 2.24) is 0 Å². The van der Waals surface area contributed by atoms with Crippen molar-refractivity contribution in [3.8, 4) is 0 Å². The molecule has 1 atom stereocenters. The molecular weight excluding hydrogens is 152 g/mol. The van der Waals surface area contributed by atoms with Gasteiger partial charge in [-0.25, -0.2) is 0 Å². The Morgan fingerprint density at radius 1 is 1.50 bits per heavy atom. The van der Waals surface area contributed by atoms with Gasteiger partial charge in [0, 0.05) is 13.0 Å². The molecule has 0 spiro atoms. The maximum Gasteiger partial charge on any atom is 0.161 e. The second kappa shape index (κ2) is 4.61. The van der Waals surface area contributed by atoms with E-state index in [1.807, 2.05) is 0 Å². The lowest BCUT2D eigenvalue weighted by atomic mass is 10.0. The molecule has 1 fully saturated rings. The molecule has 2 nitrogen and oxygen atoms in total. The summed E-state index contributed by atoms with van der Waals surface area (Å²) in [6.45, 7) is 5.02. The highest BCUT2D eigenvalue weighted by molar-refractivity contribution is 5.83. The lowest BCUT2D eigenvalue weighted by Gasteiger charge is -2.15. The quantitative estimate of drug-likeness (QED) is 0.635. The van der Waals surface area contributed by atoms with Crippen LogP contribution < -0.4 is 0 Å². The van der Waals surface area contributed by atoms with Crippen LogP contribution >= 0.6 is 0 Å². The van der Waals surface area contributed by atoms with Crippen molar-refractivity contribution < 1.29 is 9.53 Å². The Balaban J connectivity index is 2.42. The van der Waals surface area contributed by atoms with Crippen LogP contribution in [-0.2, 0) is 9.53 Å². The number of hydrogen-bond donors (Lipinski definition) is 0. The first-order chi connectivity index (χ1) is 5.70. The zero-order chi connectivity index (χ0) is 8.97. The molecule has 70 valence electrons. The number of ketones is 1. The second-order valence-corrected chi connectivity index (χ2v) is 3.91. The number of hydrogen-bond acceptors (Lipinski definition) is 2. The van der Waals surface area contributed by atoms with Crippen LogP contribution in [0.4, 0.5) is 0 Å². The topological polar surface area (TPSA) is 26.3 Å². The van der Waals surface area contributed by atoms with Crippen LogP contribution in [0.1, 0.15) is 39.5 Å². The first kappa shape index (κ1) is 9.72. The first-order valence-corrected chi connectivity index (χ1v) is 4.84. The summed E-state index contributed by atoms with van der Waals surface area (Å²) in [5.74, 6) is 0.859. The molecule has 0 N–H and O–H groups in total. The Morgan fingerprint density at radius 3 is 2.92 bits per heavy atom. The summed E-state index contributed by atoms with van der Waals surface area (Å²) in [4.78, 5) is 11.4. The normalized spacial score (nSPS) is 25.9. The van der Waals surface area contributed by atoms with Crippen molar-refractivity contribution in [3.63, 3.8) is 0 Å². The maximum absolute atomic E-state index is 11.4. The van der Waals surface area contributed by atoms with Crippen LogP contribution in [0.3, 0.4) is 0 Å². The van der Waals surface area contributed by atoms with E-state index in [4.69, 9.17) is 4.74 Å². The third-order valence-corrected chi connectivity index (χ3v) is 2.18. The SMILES string of the molecule is CC(C)CC1OCCCCC1=O. The fourth-order valence-corrected chi connectivity index (χ4v) is 1.51. The van der Waals surface area contributed by atoms with Gasteiger partial charge in [-0.2, -0.15) is 0 Å². The molecule has 2 heteroatoms. The van der Waals surface area contributed by atoms with E-state index in [0.717, 1.165) is 32.3 Å². The predicted molar refractivity (Wildman–Crippen MR) is 48.1 cm³/mol. The highest BCUT2D eigenvalue weighted by atomic mass is 16.5. The molecule has 0 bridgehead atoms. The summed E-state index contributed by atoms with van der Waals surface area (Å²) in [6.07, 6.45) is 3.55. The zero-order valence-corrected chi connectivity index (χ0v) is 8.01. The summed E-state index contributed by atoms with van der Waals surface area (Å²) < 4.78 is 5.48. The summed E-state index contributed by atoms with van der Waals surface area (Å²) in [7, 11) is 0. The molecule has 12 heavy (non-hydrogen) atoms. The molecule has 1 heterocycles. The highest BCUT2D eigenvalue weighted by Crippen LogP contribution is 2.16. The average molecular weight is 170 g/mol. The third kappa shape index (κ3) is 2.94. The molecule has 1 aliphatic heterocycles. The van der Waals surface area contributed by atoms with Crippen molar-refractivity contribution in [2.75, 3.05) is 6.61 Å². The van der Waals surface area contributed by atoms with E-state index in [1.54, 1.807) is 0 Å². The van der Waals surface area contributed by atoms with E-state index in [-0.39, 0.29) is 6.10 Å². The fraction of sp³-hybridized carbons (Fsp3) is 0.900. The highest BCUT2D eigenvalue weighted by Gasteiger charge is 2.21. The number of carbonyl (C=O) groups is 1. The van der Waals surface area contributed by atoms with Crippen molar-refractivity contribution in [2.45, 2.75) is 45.6 Å². The van der Waals surface area contributed by atoms with Crippen LogP contribution in [-0.4, -0.2) is 18.5 Å². The number of Topliss-reactive ketones (excluding diaryl/α,β-unsaturated/α-hetero) is 1. The molecule has 0 radical (unpaired) electrons. The Morgan fingerprint density at radius 2 is 2.25 bits per heavy atom. The number of rotatable bonds is 2. The molecule has 1 rings (SSSR count). The van der Waals surface area contributed by atoms with Gasteiger partial charge in [-0.1, -0.05) is 13.8 Å². The Labute approximate surface area is 74.3 Å². The van der Waals surface area contributed by atoms with Crippen LogP contribution in [0.15, 0.2) is 0 Å². The fourth-order valence-electron chi connectivity index (χ4n) is 1.51. The molecule has 0 aromatic rings. The van der Waals surface area contributed by atoms with E-state index >= 15 is 0 Å². The molecule has 0 aromatic heterocycles. The molecule has 0 aliphatic carbocycles. The molecule has 0 saturated carbocycles. The van der Waals surface area contributed by atoms with Crippen molar-refractivity contribution in [3.05, 3.63) is 0 Å². The van der Waals surface area contributed by atoms with Gasteiger partial charge in [0.1, 0.15) is 6.10 Å². The number of carbonyl (C=O) groups excluding carboxylic acids is 1. The third-order valence-electron chi connectivity index (χ3n) is 2.18. The number of ether oxygens (including phenoxy) is 1. The predicted octanol–water partition coefficient (Wildman–Crippen LogP) is 2.17. The first-order valence-electron chi connectivity index (χ1n) is 4.84. The Hall–Kier alpha value is -0.370. The van der Waals surface area contributed by atoms with Crippen LogP contribution in [0, 0.1) is 5.92 Å². The van der Waals surface area contributed by atoms with Gasteiger partial charge in [0.15, 0.2) is 5.78 Å². The van der Waals surface area contributed by atoms with E-state index in [1.165, 1.54) is 0 Å². The Kier molecular flexibility index (Phi) is 3.73. The van der Waals surface area contributed by atoms with Gasteiger partial charge in [0.2, 0.25) is 0 Å². The minimum Gasteiger partial charge on any atom is -0.370 e. The van der Waals surface area contributed by atoms with Crippen molar-refractivity contribution in [2.24, 2.45) is 5.92 Å². The van der Waals surface area contributed by atoms with Crippen LogP contribution in [0.25, 0.3) is 0 Å². The largest absolute Gasteiger partial charge is 0.370 e. The van der Waals surface area contributed by atoms with Gasteiger partial charge in [-0.3, -0.25) is 4.79 Å². The van der Waals surface area contributed by atoms with E-state index < -0.39 is 0 Å². The minimum atomic E-state index is -0.104. The average Bonchev–Trinajstić information content (AvgIpc) is 2.16. The molecular formula is C10H18O2. The van der Waals surface area contributed by atoms with Gasteiger partial charge < -0.3 is 4.74 Å². The van der Waals surface area contributed by atoms with Gasteiger partial charge in [0.25, 0.3) is 0 Å². The summed E-state index contributed by atoms with van der Waals surface area (Å²) >= 11 is 0. The standard InChI is InChI=1S/C10H18O2/c1-8(2)7-10-9(11)5-3-4-6-12-10/h8,10H,3-7H2,1-2H3. The Bertz CT molecular complexity index is 152. The van der Waals surface area contributed by atoms with E-state index in [0.29, 0.717) is 11.7 Å². The van der Waals surface area contributed by atoms with Crippen molar-refractivity contribution in [1.29, 1.82) is 0 Å². The summed E-state index contributed by atoms with van der Waals surface area (Å²) in [6, 6.07) is 0. The molecule has 1 unspecified atom stereocenters. The van der Waals surface area contributed by atoms with Gasteiger partial charge in [-0.05, 0) is 25.2 Å². The van der Waals surface area contributed by atoms with Crippen molar-refractivity contribution >= 4 is 5.78 Å². The lowest BCUT2D eigenvalue weighted by Crippen LogP contribution is -2.24. The van der Waals surface area contributed by atoms with Crippen LogP contribution in [0.2, 0.25) is 0 Å². The molecule has 0 aromatic carbocycles. The maximum atomic E-state index is 11.4. The minimum absolute atomic E-state index is 0.104. The van der Waals surface area contributed by atoms with Gasteiger partial charge in [-0.15, -0.1) is 0 Å². The molecule has 1 saturated heterocycles. The smallest absolute Gasteiger partial charge is 0.161 e. The van der Waals surface area contributed by atoms with E-state index in [2.05, 4.69) is 13.8 Å². The van der Waals surface area contributed by atoms with Gasteiger partial charge >= 0.3 is 0 Å². The monoisotopic (exact) mass is 170 g/mol. The second-order valence-electron chi connectivity index (χ2n) is 3.91. The molecule has 0 amide bonds. The molecule has 1 aliphatic rings.